The molecule has 2 N–H and O–H groups in total. The van der Waals surface area contributed by atoms with Crippen molar-refractivity contribution in [3.63, 3.8) is 0 Å². The van der Waals surface area contributed by atoms with E-state index in [1.165, 1.54) is 0 Å². The van der Waals surface area contributed by atoms with Gasteiger partial charge in [-0.2, -0.15) is 0 Å². The molecule has 0 aliphatic heterocycles. The van der Waals surface area contributed by atoms with Gasteiger partial charge in [0.1, 0.15) is 6.79 Å². The molecule has 3 atom stereocenters. The summed E-state index contributed by atoms with van der Waals surface area (Å²) in [6.07, 6.45) is 5.62. The van der Waals surface area contributed by atoms with E-state index in [4.69, 9.17) is 15.2 Å². The lowest BCUT2D eigenvalue weighted by atomic mass is 9.94. The smallest absolute Gasteiger partial charge is 0.226 e. The van der Waals surface area contributed by atoms with Crippen LogP contribution in [0.25, 0.3) is 0 Å². The van der Waals surface area contributed by atoms with Crippen LogP contribution in [0.1, 0.15) is 39.0 Å². The summed E-state index contributed by atoms with van der Waals surface area (Å²) in [5.41, 5.74) is 5.48. The van der Waals surface area contributed by atoms with Crippen molar-refractivity contribution in [1.82, 2.24) is 4.90 Å². The summed E-state index contributed by atoms with van der Waals surface area (Å²) in [6.45, 7) is 7.01. The number of unbranched alkanes of at least 4 members (excludes halogenated alkanes) is 2. The minimum atomic E-state index is -0.454. The number of hydrogen-bond acceptors (Lipinski definition) is 4. The first kappa shape index (κ1) is 19.6. The van der Waals surface area contributed by atoms with Gasteiger partial charge in [-0.15, -0.1) is 6.58 Å². The molecule has 1 fully saturated rings. The molecule has 0 heterocycles. The molecule has 6 nitrogen and oxygen atoms in total. The lowest BCUT2D eigenvalue weighted by Gasteiger charge is -2.23. The molecular formula is C17H30N2O4. The Labute approximate surface area is 139 Å². The summed E-state index contributed by atoms with van der Waals surface area (Å²) in [5.74, 6) is -1.28. The van der Waals surface area contributed by atoms with Crippen molar-refractivity contribution in [3.05, 3.63) is 12.7 Å². The Balaban J connectivity index is 2.54. The van der Waals surface area contributed by atoms with Crippen molar-refractivity contribution in [3.8, 4) is 0 Å². The number of hydrogen-bond donors (Lipinski definition) is 1. The van der Waals surface area contributed by atoms with Crippen LogP contribution in [0.4, 0.5) is 0 Å². The second-order valence-corrected chi connectivity index (χ2v) is 6.03. The monoisotopic (exact) mass is 326 g/mol. The van der Waals surface area contributed by atoms with E-state index < -0.39 is 11.8 Å². The molecule has 0 aromatic rings. The van der Waals surface area contributed by atoms with E-state index in [0.717, 1.165) is 19.3 Å². The summed E-state index contributed by atoms with van der Waals surface area (Å²) in [6, 6.07) is 0. The van der Waals surface area contributed by atoms with Crippen molar-refractivity contribution in [2.75, 3.05) is 27.0 Å². The van der Waals surface area contributed by atoms with Gasteiger partial charge < -0.3 is 20.1 Å². The van der Waals surface area contributed by atoms with E-state index in [0.29, 0.717) is 26.0 Å². The lowest BCUT2D eigenvalue weighted by molar-refractivity contribution is -0.139. The van der Waals surface area contributed by atoms with E-state index in [9.17, 15) is 9.59 Å². The first-order valence-corrected chi connectivity index (χ1v) is 8.35. The Morgan fingerprint density at radius 2 is 2.00 bits per heavy atom. The molecule has 1 rings (SSSR count). The molecule has 0 spiro atoms. The number of nitrogens with two attached hydrogens (primary N) is 1. The van der Waals surface area contributed by atoms with Crippen LogP contribution in [0.5, 0.6) is 0 Å². The second kappa shape index (κ2) is 10.4. The van der Waals surface area contributed by atoms with Crippen molar-refractivity contribution in [2.24, 2.45) is 17.6 Å². The summed E-state index contributed by atoms with van der Waals surface area (Å²) in [5, 5.41) is 0. The van der Waals surface area contributed by atoms with E-state index in [-0.39, 0.29) is 24.7 Å². The zero-order chi connectivity index (χ0) is 17.2. The highest BCUT2D eigenvalue weighted by Crippen LogP contribution is 2.35. The Kier molecular flexibility index (Phi) is 8.87. The van der Waals surface area contributed by atoms with Crippen LogP contribution in [0.2, 0.25) is 0 Å². The number of carbonyl (C=O) groups excluding carboxylic acids is 2. The van der Waals surface area contributed by atoms with E-state index >= 15 is 0 Å². The fourth-order valence-corrected chi connectivity index (χ4v) is 2.97. The van der Waals surface area contributed by atoms with Gasteiger partial charge in [0.2, 0.25) is 11.8 Å². The van der Waals surface area contributed by atoms with E-state index in [1.54, 1.807) is 11.9 Å². The van der Waals surface area contributed by atoms with Gasteiger partial charge in [0, 0.05) is 20.2 Å². The SMILES string of the molecule is C=CCCCCN(C)C(=O)C1CC(OCOCC)CC1C(N)=O. The molecule has 3 unspecified atom stereocenters. The predicted molar refractivity (Wildman–Crippen MR) is 88.5 cm³/mol. The molecule has 6 heteroatoms. The molecule has 1 saturated carbocycles. The van der Waals surface area contributed by atoms with Crippen LogP contribution < -0.4 is 5.73 Å². The molecule has 1 aliphatic rings. The molecule has 1 aliphatic carbocycles. The Hall–Kier alpha value is -1.40. The third-order valence-electron chi connectivity index (χ3n) is 4.32. The Morgan fingerprint density at radius 1 is 1.30 bits per heavy atom. The van der Waals surface area contributed by atoms with Gasteiger partial charge in [-0.05, 0) is 39.0 Å². The summed E-state index contributed by atoms with van der Waals surface area (Å²) in [4.78, 5) is 26.0. The lowest BCUT2D eigenvalue weighted by Crippen LogP contribution is -2.39. The number of primary amides is 1. The van der Waals surface area contributed by atoms with Crippen LogP contribution in [-0.2, 0) is 19.1 Å². The molecular weight excluding hydrogens is 296 g/mol. The van der Waals surface area contributed by atoms with Gasteiger partial charge >= 0.3 is 0 Å². The maximum Gasteiger partial charge on any atom is 0.226 e. The molecule has 0 bridgehead atoms. The van der Waals surface area contributed by atoms with Crippen LogP contribution in [0, 0.1) is 11.8 Å². The van der Waals surface area contributed by atoms with Crippen molar-refractivity contribution >= 4 is 11.8 Å². The third kappa shape index (κ3) is 6.31. The molecule has 0 saturated heterocycles. The Morgan fingerprint density at radius 3 is 2.61 bits per heavy atom. The van der Waals surface area contributed by atoms with Gasteiger partial charge in [-0.25, -0.2) is 0 Å². The predicted octanol–water partition coefficient (Wildman–Crippen LogP) is 1.69. The van der Waals surface area contributed by atoms with Gasteiger partial charge in [0.25, 0.3) is 0 Å². The first-order chi connectivity index (χ1) is 11.0. The van der Waals surface area contributed by atoms with E-state index in [1.807, 2.05) is 13.0 Å². The largest absolute Gasteiger partial charge is 0.369 e. The summed E-state index contributed by atoms with van der Waals surface area (Å²) < 4.78 is 10.8. The third-order valence-corrected chi connectivity index (χ3v) is 4.32. The van der Waals surface area contributed by atoms with Crippen molar-refractivity contribution in [2.45, 2.75) is 45.1 Å². The second-order valence-electron chi connectivity index (χ2n) is 6.03. The van der Waals surface area contributed by atoms with Crippen LogP contribution in [0.3, 0.4) is 0 Å². The van der Waals surface area contributed by atoms with E-state index in [2.05, 4.69) is 6.58 Å². The van der Waals surface area contributed by atoms with Crippen LogP contribution in [-0.4, -0.2) is 49.8 Å². The number of ether oxygens (including phenoxy) is 2. The number of allylic oxidation sites excluding steroid dienone is 1. The standard InChI is InChI=1S/C17H30N2O4/c1-4-6-7-8-9-19(3)17(21)15-11-13(23-12-22-5-2)10-14(15)16(18)20/h4,13-15H,1,5-12H2,2-3H3,(H2,18,20). The first-order valence-electron chi connectivity index (χ1n) is 8.35. The van der Waals surface area contributed by atoms with Gasteiger partial charge in [0.05, 0.1) is 17.9 Å². The number of nitrogens with zero attached hydrogens (tertiary/aromatic N) is 1. The van der Waals surface area contributed by atoms with Gasteiger partial charge in [0.15, 0.2) is 0 Å². The van der Waals surface area contributed by atoms with Crippen molar-refractivity contribution < 1.29 is 19.1 Å². The average Bonchev–Trinajstić information content (AvgIpc) is 2.95. The normalized spacial score (nSPS) is 23.7. The van der Waals surface area contributed by atoms with Crippen molar-refractivity contribution in [1.29, 1.82) is 0 Å². The summed E-state index contributed by atoms with van der Waals surface area (Å²) >= 11 is 0. The zero-order valence-electron chi connectivity index (χ0n) is 14.3. The molecule has 0 radical (unpaired) electrons. The average molecular weight is 326 g/mol. The zero-order valence-corrected chi connectivity index (χ0v) is 14.3. The molecule has 23 heavy (non-hydrogen) atoms. The highest BCUT2D eigenvalue weighted by Gasteiger charge is 2.43. The molecule has 132 valence electrons. The number of amides is 2. The highest BCUT2D eigenvalue weighted by atomic mass is 16.7. The fourth-order valence-electron chi connectivity index (χ4n) is 2.97. The topological polar surface area (TPSA) is 81.9 Å². The minimum absolute atomic E-state index is 0.0186. The fraction of sp³-hybridized carbons (Fsp3) is 0.765. The minimum Gasteiger partial charge on any atom is -0.369 e. The quantitative estimate of drug-likeness (QED) is 0.356. The molecule has 0 aromatic heterocycles. The van der Waals surface area contributed by atoms with Crippen LogP contribution in [0.15, 0.2) is 12.7 Å². The van der Waals surface area contributed by atoms with Gasteiger partial charge in [-0.3, -0.25) is 9.59 Å². The van der Waals surface area contributed by atoms with Gasteiger partial charge in [-0.1, -0.05) is 6.08 Å². The maximum absolute atomic E-state index is 12.6. The molecule has 2 amide bonds. The molecule has 0 aromatic carbocycles. The summed E-state index contributed by atoms with van der Waals surface area (Å²) in [7, 11) is 1.78. The maximum atomic E-state index is 12.6. The van der Waals surface area contributed by atoms with Crippen LogP contribution >= 0.6 is 0 Å². The Bertz CT molecular complexity index is 400. The highest BCUT2D eigenvalue weighted by molar-refractivity contribution is 5.87. The number of carbonyl (C=O) groups is 2. The number of rotatable bonds is 11.